The van der Waals surface area contributed by atoms with Gasteiger partial charge in [0.2, 0.25) is 5.90 Å². The third-order valence-electron chi connectivity index (χ3n) is 3.39. The van der Waals surface area contributed by atoms with Gasteiger partial charge in [-0.1, -0.05) is 18.2 Å². The van der Waals surface area contributed by atoms with Crippen LogP contribution in [0.2, 0.25) is 0 Å². The largest absolute Gasteiger partial charge is 0.475 e. The van der Waals surface area contributed by atoms with E-state index >= 15 is 8.78 Å². The molecule has 1 aromatic carbocycles. The van der Waals surface area contributed by atoms with Crippen molar-refractivity contribution in [2.24, 2.45) is 4.99 Å². The highest BCUT2D eigenvalue weighted by Gasteiger charge is 2.56. The van der Waals surface area contributed by atoms with E-state index in [0.717, 1.165) is 0 Å². The molecule has 5 nitrogen and oxygen atoms in total. The number of benzene rings is 1. The molecule has 0 N–H and O–H groups in total. The topological polar surface area (TPSA) is 57.1 Å². The van der Waals surface area contributed by atoms with Crippen molar-refractivity contribution in [1.29, 1.82) is 0 Å². The van der Waals surface area contributed by atoms with Gasteiger partial charge in [-0.25, -0.2) is 4.99 Å². The average molecular weight is 361 g/mol. The smallest absolute Gasteiger partial charge is 0.404 e. The number of rotatable bonds is 7. The first kappa shape index (κ1) is 19.0. The van der Waals surface area contributed by atoms with Crippen LogP contribution in [-0.4, -0.2) is 31.3 Å². The Hall–Kier alpha value is -1.30. The van der Waals surface area contributed by atoms with Gasteiger partial charge in [-0.15, -0.1) is 0 Å². The minimum Gasteiger partial charge on any atom is -0.475 e. The van der Waals surface area contributed by atoms with Gasteiger partial charge in [-0.2, -0.15) is 8.78 Å². The number of hydrogen-bond acceptors (Lipinski definition) is 5. The molecule has 24 heavy (non-hydrogen) atoms. The standard InChI is InChI=1S/C16H22F2NO4P/c1-5-22-24(20,23-6-2)16(17,18)13-10-8-7-9-12(13)14-19-15(3,4)11-21-14/h7-10H,5-6,11H2,1-4H3. The van der Waals surface area contributed by atoms with Crippen LogP contribution in [0.3, 0.4) is 0 Å². The monoisotopic (exact) mass is 361 g/mol. The molecule has 1 aliphatic rings. The van der Waals surface area contributed by atoms with Crippen LogP contribution in [0.4, 0.5) is 8.78 Å². The minimum absolute atomic E-state index is 0.0905. The van der Waals surface area contributed by atoms with Crippen molar-refractivity contribution in [1.82, 2.24) is 0 Å². The van der Waals surface area contributed by atoms with Gasteiger partial charge in [0.15, 0.2) is 0 Å². The van der Waals surface area contributed by atoms with Crippen molar-refractivity contribution in [2.45, 2.75) is 38.9 Å². The van der Waals surface area contributed by atoms with E-state index in [2.05, 4.69) is 4.99 Å². The molecule has 0 spiro atoms. The summed E-state index contributed by atoms with van der Waals surface area (Å²) in [5, 5.41) is 0. The van der Waals surface area contributed by atoms with E-state index in [1.807, 2.05) is 13.8 Å². The molecule has 0 unspecified atom stereocenters. The number of alkyl halides is 2. The lowest BCUT2D eigenvalue weighted by atomic mass is 10.1. The van der Waals surface area contributed by atoms with Gasteiger partial charge in [0.1, 0.15) is 6.61 Å². The van der Waals surface area contributed by atoms with Gasteiger partial charge in [0.25, 0.3) is 0 Å². The van der Waals surface area contributed by atoms with Crippen LogP contribution >= 0.6 is 7.60 Å². The van der Waals surface area contributed by atoms with Crippen molar-refractivity contribution in [3.63, 3.8) is 0 Å². The predicted molar refractivity (Wildman–Crippen MR) is 87.8 cm³/mol. The van der Waals surface area contributed by atoms with Crippen LogP contribution < -0.4 is 0 Å². The van der Waals surface area contributed by atoms with E-state index in [4.69, 9.17) is 13.8 Å². The average Bonchev–Trinajstić information content (AvgIpc) is 2.87. The zero-order chi connectivity index (χ0) is 18.0. The van der Waals surface area contributed by atoms with E-state index in [1.54, 1.807) is 6.07 Å². The predicted octanol–water partition coefficient (Wildman–Crippen LogP) is 4.56. The molecular weight excluding hydrogens is 339 g/mol. The molecule has 0 aromatic heterocycles. The number of halogens is 2. The Balaban J connectivity index is 2.54. The second-order valence-corrected chi connectivity index (χ2v) is 8.01. The number of hydrogen-bond donors (Lipinski definition) is 0. The fraction of sp³-hybridized carbons (Fsp3) is 0.562. The summed E-state index contributed by atoms with van der Waals surface area (Å²) in [6.07, 6.45) is 0. The highest BCUT2D eigenvalue weighted by Crippen LogP contribution is 2.67. The molecule has 0 fully saturated rings. The fourth-order valence-electron chi connectivity index (χ4n) is 2.34. The van der Waals surface area contributed by atoms with E-state index in [9.17, 15) is 4.57 Å². The molecule has 1 heterocycles. The van der Waals surface area contributed by atoms with E-state index in [-0.39, 0.29) is 31.3 Å². The molecule has 1 aromatic rings. The lowest BCUT2D eigenvalue weighted by Gasteiger charge is -2.27. The highest BCUT2D eigenvalue weighted by molar-refractivity contribution is 7.54. The zero-order valence-electron chi connectivity index (χ0n) is 14.2. The molecule has 0 aliphatic carbocycles. The van der Waals surface area contributed by atoms with Crippen molar-refractivity contribution < 1.29 is 27.1 Å². The van der Waals surface area contributed by atoms with Crippen molar-refractivity contribution in [2.75, 3.05) is 19.8 Å². The summed E-state index contributed by atoms with van der Waals surface area (Å²) in [5.41, 5.74) is -4.71. The highest BCUT2D eigenvalue weighted by atomic mass is 31.2. The van der Waals surface area contributed by atoms with E-state index < -0.39 is 24.4 Å². The first-order valence-corrected chi connectivity index (χ1v) is 9.30. The summed E-state index contributed by atoms with van der Waals surface area (Å²) in [6.45, 7) is 6.63. The summed E-state index contributed by atoms with van der Waals surface area (Å²) < 4.78 is 57.9. The number of nitrogens with zero attached hydrogens (tertiary/aromatic N) is 1. The second kappa shape index (κ2) is 6.90. The molecule has 0 amide bonds. The summed E-state index contributed by atoms with van der Waals surface area (Å²) in [6, 6.07) is 5.69. The Morgan fingerprint density at radius 2 is 1.83 bits per heavy atom. The molecule has 0 saturated carbocycles. The molecule has 0 atom stereocenters. The number of ether oxygens (including phenoxy) is 1. The Morgan fingerprint density at radius 1 is 1.25 bits per heavy atom. The Labute approximate surface area is 140 Å². The summed E-state index contributed by atoms with van der Waals surface area (Å²) in [4.78, 5) is 4.33. The molecule has 1 aliphatic heterocycles. The minimum atomic E-state index is -4.69. The maximum atomic E-state index is 15.1. The lowest BCUT2D eigenvalue weighted by molar-refractivity contribution is 0.0357. The summed E-state index contributed by atoms with van der Waals surface area (Å²) in [5.74, 6) is 0.106. The quantitative estimate of drug-likeness (QED) is 0.668. The number of aliphatic imine (C=N–C) groups is 1. The fourth-order valence-corrected chi connectivity index (χ4v) is 3.91. The zero-order valence-corrected chi connectivity index (χ0v) is 15.1. The Bertz CT molecular complexity index is 666. The third kappa shape index (κ3) is 3.53. The van der Waals surface area contributed by atoms with Gasteiger partial charge in [-0.05, 0) is 33.8 Å². The van der Waals surface area contributed by atoms with Gasteiger partial charge in [-0.3, -0.25) is 4.57 Å². The lowest BCUT2D eigenvalue weighted by Crippen LogP contribution is -2.22. The van der Waals surface area contributed by atoms with Crippen LogP contribution in [0.25, 0.3) is 0 Å². The molecule has 0 radical (unpaired) electrons. The van der Waals surface area contributed by atoms with Crippen LogP contribution in [-0.2, 0) is 24.0 Å². The maximum Gasteiger partial charge on any atom is 0.404 e. The third-order valence-corrected chi connectivity index (χ3v) is 5.51. The first-order chi connectivity index (χ1) is 11.2. The summed E-state index contributed by atoms with van der Waals surface area (Å²) in [7, 11) is -4.69. The summed E-state index contributed by atoms with van der Waals surface area (Å²) >= 11 is 0. The van der Waals surface area contributed by atoms with Crippen LogP contribution in [0.15, 0.2) is 29.3 Å². The molecule has 134 valence electrons. The molecule has 2 rings (SSSR count). The van der Waals surface area contributed by atoms with Crippen molar-refractivity contribution in [3.05, 3.63) is 35.4 Å². The van der Waals surface area contributed by atoms with Crippen molar-refractivity contribution >= 4 is 13.5 Å². The normalized spacial score (nSPS) is 17.5. The van der Waals surface area contributed by atoms with Gasteiger partial charge in [0.05, 0.1) is 18.8 Å². The first-order valence-electron chi connectivity index (χ1n) is 7.76. The van der Waals surface area contributed by atoms with Gasteiger partial charge in [0, 0.05) is 11.1 Å². The Morgan fingerprint density at radius 3 is 2.33 bits per heavy atom. The van der Waals surface area contributed by atoms with Gasteiger partial charge < -0.3 is 13.8 Å². The SMILES string of the molecule is CCOP(=O)(OCC)C(F)(F)c1ccccc1C1=NC(C)(C)CO1. The second-order valence-electron chi connectivity index (χ2n) is 5.94. The molecule has 0 bridgehead atoms. The van der Waals surface area contributed by atoms with Crippen LogP contribution in [0.5, 0.6) is 0 Å². The molecular formula is C16H22F2NO4P. The van der Waals surface area contributed by atoms with Gasteiger partial charge >= 0.3 is 13.3 Å². The molecule has 8 heteroatoms. The Kier molecular flexibility index (Phi) is 5.47. The molecule has 0 saturated heterocycles. The van der Waals surface area contributed by atoms with Crippen molar-refractivity contribution in [3.8, 4) is 0 Å². The van der Waals surface area contributed by atoms with Crippen LogP contribution in [0.1, 0.15) is 38.8 Å². The van der Waals surface area contributed by atoms with E-state index in [0.29, 0.717) is 0 Å². The van der Waals surface area contributed by atoms with E-state index in [1.165, 1.54) is 32.0 Å². The maximum absolute atomic E-state index is 15.1. The van der Waals surface area contributed by atoms with Crippen LogP contribution in [0, 0.1) is 0 Å².